The standard InChI is InChI=1S/C13H10NO/c14-13(15)12-9-5-4-8-11(12)10-6-2-1-3-7-10/h1-8H,(H2,14,15). The first kappa shape index (κ1) is 9.46. The highest BCUT2D eigenvalue weighted by Crippen LogP contribution is 2.22. The van der Waals surface area contributed by atoms with Gasteiger partial charge in [0.05, 0.1) is 5.56 Å². The van der Waals surface area contributed by atoms with Gasteiger partial charge in [-0.15, -0.1) is 0 Å². The molecule has 0 aliphatic heterocycles. The molecule has 2 aromatic rings. The first-order chi connectivity index (χ1) is 7.29. The van der Waals surface area contributed by atoms with E-state index in [2.05, 4.69) is 6.07 Å². The number of carbonyl (C=O) groups is 1. The summed E-state index contributed by atoms with van der Waals surface area (Å²) < 4.78 is 0. The molecule has 0 aromatic heterocycles. The minimum atomic E-state index is -0.450. The maximum Gasteiger partial charge on any atom is 0.249 e. The van der Waals surface area contributed by atoms with Crippen LogP contribution in [0.25, 0.3) is 11.1 Å². The summed E-state index contributed by atoms with van der Waals surface area (Å²) >= 11 is 0. The average Bonchev–Trinajstić information content (AvgIpc) is 2.30. The molecule has 1 amide bonds. The number of carbonyl (C=O) groups excluding carboxylic acids is 1. The van der Waals surface area contributed by atoms with Crippen LogP contribution in [0.2, 0.25) is 0 Å². The van der Waals surface area contributed by atoms with Crippen LogP contribution < -0.4 is 5.73 Å². The maximum absolute atomic E-state index is 11.2. The quantitative estimate of drug-likeness (QED) is 0.786. The molecule has 0 heterocycles. The van der Waals surface area contributed by atoms with Crippen molar-refractivity contribution in [3.8, 4) is 11.1 Å². The highest BCUT2D eigenvalue weighted by Gasteiger charge is 2.08. The first-order valence-electron chi connectivity index (χ1n) is 4.65. The Bertz CT molecular complexity index is 477. The van der Waals surface area contributed by atoms with Crippen LogP contribution in [0.15, 0.2) is 48.5 Å². The Morgan fingerprint density at radius 1 is 1.07 bits per heavy atom. The number of hydrogen-bond acceptors (Lipinski definition) is 1. The molecule has 0 saturated carbocycles. The van der Waals surface area contributed by atoms with Crippen molar-refractivity contribution in [3.05, 3.63) is 60.2 Å². The normalized spacial score (nSPS) is 9.87. The minimum absolute atomic E-state index is 0.434. The van der Waals surface area contributed by atoms with Crippen LogP contribution in [0.5, 0.6) is 0 Å². The van der Waals surface area contributed by atoms with Gasteiger partial charge in [0.2, 0.25) is 5.91 Å². The second-order valence-corrected chi connectivity index (χ2v) is 3.19. The molecular weight excluding hydrogens is 186 g/mol. The van der Waals surface area contributed by atoms with Crippen LogP contribution in [0.4, 0.5) is 0 Å². The molecule has 2 nitrogen and oxygen atoms in total. The maximum atomic E-state index is 11.2. The van der Waals surface area contributed by atoms with Gasteiger partial charge in [-0.3, -0.25) is 4.79 Å². The Balaban J connectivity index is 2.58. The van der Waals surface area contributed by atoms with E-state index in [0.29, 0.717) is 5.56 Å². The van der Waals surface area contributed by atoms with E-state index in [-0.39, 0.29) is 0 Å². The summed E-state index contributed by atoms with van der Waals surface area (Å²) in [4.78, 5) is 11.2. The molecular formula is C13H10NO. The molecule has 73 valence electrons. The summed E-state index contributed by atoms with van der Waals surface area (Å²) in [5.74, 6) is -0.450. The lowest BCUT2D eigenvalue weighted by Gasteiger charge is -2.05. The lowest BCUT2D eigenvalue weighted by Crippen LogP contribution is -2.12. The fourth-order valence-electron chi connectivity index (χ4n) is 1.50. The predicted molar refractivity (Wildman–Crippen MR) is 59.2 cm³/mol. The van der Waals surface area contributed by atoms with Crippen molar-refractivity contribution in [1.82, 2.24) is 0 Å². The average molecular weight is 196 g/mol. The number of benzene rings is 2. The van der Waals surface area contributed by atoms with Gasteiger partial charge in [-0.25, -0.2) is 0 Å². The Morgan fingerprint density at radius 2 is 1.80 bits per heavy atom. The summed E-state index contributed by atoms with van der Waals surface area (Å²) in [6, 6.07) is 17.9. The number of nitrogens with two attached hydrogens (primary N) is 1. The van der Waals surface area contributed by atoms with Crippen LogP contribution in [0.1, 0.15) is 10.4 Å². The second-order valence-electron chi connectivity index (χ2n) is 3.19. The Kier molecular flexibility index (Phi) is 2.50. The summed E-state index contributed by atoms with van der Waals surface area (Å²) in [5, 5.41) is 0. The summed E-state index contributed by atoms with van der Waals surface area (Å²) in [6.45, 7) is 0. The monoisotopic (exact) mass is 196 g/mol. The molecule has 2 heteroatoms. The highest BCUT2D eigenvalue weighted by molar-refractivity contribution is 5.99. The molecule has 0 spiro atoms. The van der Waals surface area contributed by atoms with Crippen LogP contribution in [-0.2, 0) is 0 Å². The van der Waals surface area contributed by atoms with Gasteiger partial charge in [-0.1, -0.05) is 48.5 Å². The lowest BCUT2D eigenvalue weighted by atomic mass is 9.99. The van der Waals surface area contributed by atoms with Crippen molar-refractivity contribution < 1.29 is 4.79 Å². The highest BCUT2D eigenvalue weighted by atomic mass is 16.1. The molecule has 0 aliphatic rings. The van der Waals surface area contributed by atoms with Crippen LogP contribution in [0, 0.1) is 6.07 Å². The van der Waals surface area contributed by atoms with E-state index in [4.69, 9.17) is 5.73 Å². The molecule has 2 aromatic carbocycles. The third-order valence-corrected chi connectivity index (χ3v) is 2.19. The third kappa shape index (κ3) is 1.89. The molecule has 0 saturated heterocycles. The number of rotatable bonds is 2. The van der Waals surface area contributed by atoms with Gasteiger partial charge in [0.25, 0.3) is 0 Å². The zero-order chi connectivity index (χ0) is 10.7. The van der Waals surface area contributed by atoms with E-state index in [9.17, 15) is 4.79 Å². The van der Waals surface area contributed by atoms with Crippen molar-refractivity contribution in [3.63, 3.8) is 0 Å². The van der Waals surface area contributed by atoms with E-state index in [1.165, 1.54) is 0 Å². The Hall–Kier alpha value is -2.09. The number of hydrogen-bond donors (Lipinski definition) is 1. The van der Waals surface area contributed by atoms with Crippen LogP contribution in [-0.4, -0.2) is 5.91 Å². The summed E-state index contributed by atoms with van der Waals surface area (Å²) in [5.41, 5.74) is 7.52. The zero-order valence-corrected chi connectivity index (χ0v) is 8.10. The molecule has 0 fully saturated rings. The predicted octanol–water partition coefficient (Wildman–Crippen LogP) is 2.25. The first-order valence-corrected chi connectivity index (χ1v) is 4.65. The van der Waals surface area contributed by atoms with E-state index in [0.717, 1.165) is 11.1 Å². The van der Waals surface area contributed by atoms with Crippen molar-refractivity contribution >= 4 is 5.91 Å². The van der Waals surface area contributed by atoms with Crippen molar-refractivity contribution in [2.45, 2.75) is 0 Å². The fourth-order valence-corrected chi connectivity index (χ4v) is 1.50. The molecule has 0 bridgehead atoms. The van der Waals surface area contributed by atoms with Gasteiger partial charge < -0.3 is 5.73 Å². The number of amides is 1. The molecule has 0 aliphatic carbocycles. The minimum Gasteiger partial charge on any atom is -0.366 e. The van der Waals surface area contributed by atoms with Gasteiger partial charge in [0.15, 0.2) is 0 Å². The van der Waals surface area contributed by atoms with Crippen LogP contribution >= 0.6 is 0 Å². The van der Waals surface area contributed by atoms with E-state index >= 15 is 0 Å². The fraction of sp³-hybridized carbons (Fsp3) is 0. The lowest BCUT2D eigenvalue weighted by molar-refractivity contribution is 0.100. The van der Waals surface area contributed by atoms with Crippen molar-refractivity contribution in [2.24, 2.45) is 5.73 Å². The van der Waals surface area contributed by atoms with E-state index in [1.807, 2.05) is 42.5 Å². The number of primary amides is 1. The van der Waals surface area contributed by atoms with E-state index < -0.39 is 5.91 Å². The van der Waals surface area contributed by atoms with Gasteiger partial charge >= 0.3 is 0 Å². The molecule has 0 unspecified atom stereocenters. The van der Waals surface area contributed by atoms with Gasteiger partial charge in [-0.05, 0) is 17.2 Å². The summed E-state index contributed by atoms with van der Waals surface area (Å²) in [7, 11) is 0. The van der Waals surface area contributed by atoms with Crippen molar-refractivity contribution in [1.29, 1.82) is 0 Å². The van der Waals surface area contributed by atoms with Crippen LogP contribution in [0.3, 0.4) is 0 Å². The van der Waals surface area contributed by atoms with E-state index in [1.54, 1.807) is 6.07 Å². The summed E-state index contributed by atoms with van der Waals surface area (Å²) in [6.07, 6.45) is 0. The smallest absolute Gasteiger partial charge is 0.249 e. The molecule has 1 radical (unpaired) electrons. The second kappa shape index (κ2) is 3.96. The Morgan fingerprint density at radius 3 is 2.47 bits per heavy atom. The zero-order valence-electron chi connectivity index (χ0n) is 8.10. The molecule has 0 atom stereocenters. The van der Waals surface area contributed by atoms with Crippen molar-refractivity contribution in [2.75, 3.05) is 0 Å². The van der Waals surface area contributed by atoms with Gasteiger partial charge in [0, 0.05) is 0 Å². The van der Waals surface area contributed by atoms with Gasteiger partial charge in [-0.2, -0.15) is 0 Å². The molecule has 2 rings (SSSR count). The molecule has 15 heavy (non-hydrogen) atoms. The molecule has 2 N–H and O–H groups in total. The third-order valence-electron chi connectivity index (χ3n) is 2.19. The largest absolute Gasteiger partial charge is 0.366 e. The Labute approximate surface area is 88.4 Å². The van der Waals surface area contributed by atoms with Gasteiger partial charge in [0.1, 0.15) is 0 Å². The topological polar surface area (TPSA) is 43.1 Å². The SMILES string of the molecule is NC(=O)c1[c]cccc1-c1ccccc1.